The quantitative estimate of drug-likeness (QED) is 0.691. The number of hydrogen-bond donors (Lipinski definition) is 0. The van der Waals surface area contributed by atoms with Crippen LogP contribution in [0.2, 0.25) is 0 Å². The maximum absolute atomic E-state index is 5.18. The molecule has 0 N–H and O–H groups in total. The Morgan fingerprint density at radius 2 is 1.93 bits per heavy atom. The maximum atomic E-state index is 5.18. The van der Waals surface area contributed by atoms with Crippen LogP contribution in [0.3, 0.4) is 0 Å². The maximum Gasteiger partial charge on any atom is 0.160 e. The van der Waals surface area contributed by atoms with Crippen LogP contribution in [0.1, 0.15) is 60.7 Å². The van der Waals surface area contributed by atoms with Gasteiger partial charge in [-0.25, -0.2) is 0 Å². The van der Waals surface area contributed by atoms with Crippen LogP contribution in [-0.4, -0.2) is 39.9 Å². The van der Waals surface area contributed by atoms with Crippen LogP contribution < -0.4 is 4.90 Å². The zero-order chi connectivity index (χ0) is 20.0. The van der Waals surface area contributed by atoms with Crippen LogP contribution in [0.5, 0.6) is 0 Å². The Kier molecular flexibility index (Phi) is 5.02. The van der Waals surface area contributed by atoms with Gasteiger partial charge in [0.1, 0.15) is 6.04 Å². The van der Waals surface area contributed by atoms with Gasteiger partial charge in [-0.3, -0.25) is 9.98 Å². The first-order chi connectivity index (χ1) is 14.2. The molecule has 3 atom stereocenters. The van der Waals surface area contributed by atoms with E-state index in [0.29, 0.717) is 6.04 Å². The monoisotopic (exact) mass is 406 g/mol. The van der Waals surface area contributed by atoms with Crippen molar-refractivity contribution >= 4 is 22.6 Å². The van der Waals surface area contributed by atoms with Crippen molar-refractivity contribution in [3.63, 3.8) is 0 Å². The minimum Gasteiger partial charge on any atom is -0.371 e. The van der Waals surface area contributed by atoms with E-state index < -0.39 is 0 Å². The molecule has 0 unspecified atom stereocenters. The minimum atomic E-state index is 0.0730. The number of fused-ring (bicyclic) bond motifs is 1. The van der Waals surface area contributed by atoms with Gasteiger partial charge in [-0.1, -0.05) is 30.8 Å². The molecule has 29 heavy (non-hydrogen) atoms. The number of rotatable bonds is 4. The summed E-state index contributed by atoms with van der Waals surface area (Å²) in [5.74, 6) is 1.14. The third-order valence-electron chi connectivity index (χ3n) is 6.68. The van der Waals surface area contributed by atoms with E-state index >= 15 is 0 Å². The Labute approximate surface area is 178 Å². The first-order valence-electron chi connectivity index (χ1n) is 10.9. The van der Waals surface area contributed by atoms with Gasteiger partial charge >= 0.3 is 0 Å². The molecular formula is C24H30N4S. The van der Waals surface area contributed by atoms with Crippen molar-refractivity contribution < 1.29 is 0 Å². The highest BCUT2D eigenvalue weighted by Crippen LogP contribution is 2.49. The van der Waals surface area contributed by atoms with E-state index in [4.69, 9.17) is 9.98 Å². The standard InChI is InChI=1S/C24H30N4S/c1-4-18-15-29-24-26-22(20-9-5-6-10-25-20)23(28(18)24)19-13-17(3)21(14-16(19)2)27-11-7-8-12-27/h5-6,9-10,13-14,18,22-23H,4,7-8,11-12,15H2,1-3H3/t18-,22+,23-/m1/s1. The van der Waals surface area contributed by atoms with E-state index in [-0.39, 0.29) is 12.1 Å². The summed E-state index contributed by atoms with van der Waals surface area (Å²) in [7, 11) is 0. The van der Waals surface area contributed by atoms with E-state index in [1.807, 2.05) is 24.0 Å². The van der Waals surface area contributed by atoms with Crippen LogP contribution in [-0.2, 0) is 0 Å². The second-order valence-electron chi connectivity index (χ2n) is 8.53. The number of aromatic nitrogens is 1. The van der Waals surface area contributed by atoms with Gasteiger partial charge in [0, 0.05) is 36.8 Å². The fourth-order valence-corrected chi connectivity index (χ4v) is 6.46. The molecule has 4 heterocycles. The van der Waals surface area contributed by atoms with Crippen molar-refractivity contribution in [3.05, 3.63) is 58.9 Å². The van der Waals surface area contributed by atoms with Gasteiger partial charge in [0.2, 0.25) is 0 Å². The number of benzene rings is 1. The van der Waals surface area contributed by atoms with E-state index in [0.717, 1.165) is 17.9 Å². The van der Waals surface area contributed by atoms with Gasteiger partial charge < -0.3 is 9.80 Å². The average molecular weight is 407 g/mol. The molecule has 4 nitrogen and oxygen atoms in total. The predicted octanol–water partition coefficient (Wildman–Crippen LogP) is 5.28. The highest BCUT2D eigenvalue weighted by Gasteiger charge is 2.46. The van der Waals surface area contributed by atoms with E-state index in [1.54, 1.807) is 0 Å². The Morgan fingerprint density at radius 1 is 1.10 bits per heavy atom. The molecule has 2 saturated heterocycles. The molecule has 0 aliphatic carbocycles. The molecule has 152 valence electrons. The van der Waals surface area contributed by atoms with Gasteiger partial charge in [-0.05, 0) is 68.0 Å². The highest BCUT2D eigenvalue weighted by atomic mass is 32.2. The summed E-state index contributed by atoms with van der Waals surface area (Å²) < 4.78 is 0. The molecule has 0 saturated carbocycles. The van der Waals surface area contributed by atoms with Gasteiger partial charge in [-0.2, -0.15) is 0 Å². The minimum absolute atomic E-state index is 0.0730. The summed E-state index contributed by atoms with van der Waals surface area (Å²) in [6.07, 6.45) is 5.67. The molecule has 2 fully saturated rings. The van der Waals surface area contributed by atoms with Crippen LogP contribution in [0.25, 0.3) is 0 Å². The lowest BCUT2D eigenvalue weighted by atomic mass is 9.90. The third-order valence-corrected chi connectivity index (χ3v) is 7.81. The van der Waals surface area contributed by atoms with Crippen molar-refractivity contribution in [2.24, 2.45) is 4.99 Å². The molecule has 0 radical (unpaired) electrons. The van der Waals surface area contributed by atoms with E-state index in [1.165, 1.54) is 53.5 Å². The number of thioether (sulfide) groups is 1. The predicted molar refractivity (Wildman–Crippen MR) is 123 cm³/mol. The number of amidine groups is 1. The molecule has 5 heteroatoms. The molecule has 3 aliphatic rings. The lowest BCUT2D eigenvalue weighted by Gasteiger charge is -2.33. The Morgan fingerprint density at radius 3 is 2.66 bits per heavy atom. The van der Waals surface area contributed by atoms with Crippen LogP contribution in [0.15, 0.2) is 41.5 Å². The highest BCUT2D eigenvalue weighted by molar-refractivity contribution is 8.14. The number of aliphatic imine (C=N–C) groups is 1. The first-order valence-corrected chi connectivity index (χ1v) is 11.9. The summed E-state index contributed by atoms with van der Waals surface area (Å²) in [4.78, 5) is 15.0. The van der Waals surface area contributed by atoms with Gasteiger partial charge in [-0.15, -0.1) is 0 Å². The Balaban J connectivity index is 1.59. The second kappa shape index (κ2) is 7.67. The number of anilines is 1. The van der Waals surface area contributed by atoms with Crippen LogP contribution in [0.4, 0.5) is 5.69 Å². The van der Waals surface area contributed by atoms with Crippen molar-refractivity contribution in [2.75, 3.05) is 23.7 Å². The Hall–Kier alpha value is -2.01. The normalized spacial score (nSPS) is 26.2. The van der Waals surface area contributed by atoms with E-state index in [2.05, 4.69) is 54.8 Å². The lowest BCUT2D eigenvalue weighted by molar-refractivity contribution is 0.254. The molecule has 1 aromatic heterocycles. The summed E-state index contributed by atoms with van der Waals surface area (Å²) >= 11 is 1.92. The molecular weight excluding hydrogens is 376 g/mol. The summed E-state index contributed by atoms with van der Waals surface area (Å²) in [6.45, 7) is 9.24. The largest absolute Gasteiger partial charge is 0.371 e. The molecule has 0 amide bonds. The van der Waals surface area contributed by atoms with Crippen LogP contribution >= 0.6 is 11.8 Å². The van der Waals surface area contributed by atoms with Crippen molar-refractivity contribution in [3.8, 4) is 0 Å². The zero-order valence-electron chi connectivity index (χ0n) is 17.6. The lowest BCUT2D eigenvalue weighted by Crippen LogP contribution is -2.35. The molecule has 5 rings (SSSR count). The van der Waals surface area contributed by atoms with Crippen molar-refractivity contribution in [2.45, 2.75) is 58.2 Å². The van der Waals surface area contributed by atoms with Crippen molar-refractivity contribution in [1.29, 1.82) is 0 Å². The number of pyridine rings is 1. The summed E-state index contributed by atoms with van der Waals surface area (Å²) in [5.41, 5.74) is 6.68. The van der Waals surface area contributed by atoms with Gasteiger partial charge in [0.05, 0.1) is 11.7 Å². The molecule has 1 aromatic carbocycles. The number of hydrogen-bond acceptors (Lipinski definition) is 5. The average Bonchev–Trinajstić information content (AvgIpc) is 3.47. The number of nitrogens with zero attached hydrogens (tertiary/aromatic N) is 4. The first kappa shape index (κ1) is 19.0. The van der Waals surface area contributed by atoms with Crippen LogP contribution in [0, 0.1) is 13.8 Å². The van der Waals surface area contributed by atoms with Gasteiger partial charge in [0.25, 0.3) is 0 Å². The fourth-order valence-electron chi connectivity index (χ4n) is 5.13. The smallest absolute Gasteiger partial charge is 0.160 e. The van der Waals surface area contributed by atoms with Gasteiger partial charge in [0.15, 0.2) is 5.17 Å². The number of aryl methyl sites for hydroxylation is 2. The SMILES string of the molecule is CC[C@@H]1CSC2=N[C@@H](c3ccccn3)[C@@H](c3cc(C)c(N4CCCC4)cc3C)N21. The third kappa shape index (κ3) is 3.24. The zero-order valence-corrected chi connectivity index (χ0v) is 18.5. The van der Waals surface area contributed by atoms with Crippen molar-refractivity contribution in [1.82, 2.24) is 9.88 Å². The molecule has 2 aromatic rings. The van der Waals surface area contributed by atoms with E-state index in [9.17, 15) is 0 Å². The molecule has 3 aliphatic heterocycles. The second-order valence-corrected chi connectivity index (χ2v) is 9.51. The summed E-state index contributed by atoms with van der Waals surface area (Å²) in [5, 5.41) is 1.21. The fraction of sp³-hybridized carbons (Fsp3) is 0.500. The summed E-state index contributed by atoms with van der Waals surface area (Å²) in [6, 6.07) is 11.9. The Bertz CT molecular complexity index is 920. The molecule has 0 spiro atoms. The molecule has 0 bridgehead atoms. The topological polar surface area (TPSA) is 31.7 Å².